The second kappa shape index (κ2) is 19.6. The Kier molecular flexibility index (Phi) is 11.5. The minimum atomic E-state index is -3.07. The fourth-order valence-corrected chi connectivity index (χ4v) is 17.5. The fraction of sp³-hybridized carbons (Fsp3) is 0. The molecule has 1 aliphatic heterocycles. The summed E-state index contributed by atoms with van der Waals surface area (Å²) in [6, 6.07) is 110. The van der Waals surface area contributed by atoms with E-state index in [4.69, 9.17) is 15.0 Å². The van der Waals surface area contributed by atoms with E-state index in [2.05, 4.69) is 296 Å². The van der Waals surface area contributed by atoms with Crippen LogP contribution in [0.15, 0.2) is 303 Å². The minimum Gasteiger partial charge on any atom is -0.309 e. The summed E-state index contributed by atoms with van der Waals surface area (Å²) < 4.78 is 2.47. The number of hydrogen-bond acceptors (Lipinski definition) is 3. The Balaban J connectivity index is 0.915. The van der Waals surface area contributed by atoms with Crippen LogP contribution in [0.4, 0.5) is 0 Å². The van der Waals surface area contributed by atoms with Crippen LogP contribution in [-0.2, 0) is 0 Å². The van der Waals surface area contributed by atoms with E-state index in [9.17, 15) is 0 Å². The molecule has 0 bridgehead atoms. The number of nitrogens with zero attached hydrogens (tertiary/aromatic N) is 4. The molecule has 5 heteroatoms. The molecule has 0 spiro atoms. The second-order valence-corrected chi connectivity index (χ2v) is 24.4. The number of para-hydroxylation sites is 2. The average Bonchev–Trinajstić information content (AvgIpc) is 4.14. The molecule has 0 aliphatic carbocycles. The first kappa shape index (κ1) is 46.9. The summed E-state index contributed by atoms with van der Waals surface area (Å²) in [7, 11) is -3.07. The molecule has 4 nitrogen and oxygen atoms in total. The molecule has 2 aromatic heterocycles. The van der Waals surface area contributed by atoms with Crippen molar-refractivity contribution in [2.75, 3.05) is 0 Å². The van der Waals surface area contributed by atoms with Crippen LogP contribution < -0.4 is 20.7 Å². The molecule has 0 amide bonds. The Morgan fingerprint density at radius 2 is 0.637 bits per heavy atom. The molecule has 0 N–H and O–H groups in total. The number of hydrogen-bond donors (Lipinski definition) is 0. The third-order valence-electron chi connectivity index (χ3n) is 16.2. The van der Waals surface area contributed by atoms with E-state index in [0.717, 1.165) is 44.6 Å². The standard InChI is InChI=1S/C75H50N4Si/c1-5-19-51(20-6-1)54-33-37-57(38-34-54)73-76-74(58-39-35-55(36-40-58)52-21-7-2-8-22-52)78-75(77-73)59-41-44-61(45-42-59)80(71-32-18-15-29-65(71)67-49-60(43-48-72(67)80)53-23-9-3-10-24-53)62-46-47-70-66(50-62)64-28-14-17-31-69(64)79(70)68-30-16-13-27-63(68)56-25-11-4-12-26-56/h1-50H. The van der Waals surface area contributed by atoms with Gasteiger partial charge >= 0.3 is 0 Å². The van der Waals surface area contributed by atoms with Gasteiger partial charge in [-0.2, -0.15) is 0 Å². The first-order chi connectivity index (χ1) is 39.7. The highest BCUT2D eigenvalue weighted by molar-refractivity contribution is 7.22. The smallest absolute Gasteiger partial charge is 0.180 e. The van der Waals surface area contributed by atoms with E-state index in [1.807, 2.05) is 12.1 Å². The second-order valence-electron chi connectivity index (χ2n) is 20.7. The molecular formula is C75H50N4Si. The van der Waals surface area contributed by atoms with E-state index in [1.54, 1.807) is 0 Å². The number of fused-ring (bicyclic) bond motifs is 6. The maximum Gasteiger partial charge on any atom is 0.180 e. The molecule has 1 atom stereocenters. The molecule has 12 aromatic carbocycles. The molecule has 80 heavy (non-hydrogen) atoms. The SMILES string of the molecule is c1ccc(-c2ccc(-c3nc(-c4ccc(-c5ccccc5)cc4)nc(-c4ccc([Si]5(c6ccc7c(c6)c6ccccc6n7-c6ccccc6-c6ccccc6)c6ccccc6-c6cc(-c7ccccc7)ccc65)cc4)n3)cc2)cc1. The lowest BCUT2D eigenvalue weighted by molar-refractivity contribution is 1.07. The van der Waals surface area contributed by atoms with Gasteiger partial charge in [0.25, 0.3) is 0 Å². The quantitative estimate of drug-likeness (QED) is 0.128. The lowest BCUT2D eigenvalue weighted by Crippen LogP contribution is -2.72. The van der Waals surface area contributed by atoms with Gasteiger partial charge in [0, 0.05) is 33.0 Å². The average molecular weight is 1040 g/mol. The van der Waals surface area contributed by atoms with Crippen molar-refractivity contribution in [2.45, 2.75) is 0 Å². The summed E-state index contributed by atoms with van der Waals surface area (Å²) in [5.41, 5.74) is 18.3. The van der Waals surface area contributed by atoms with Crippen molar-refractivity contribution in [3.05, 3.63) is 303 Å². The Hall–Kier alpha value is -10.3. The Morgan fingerprint density at radius 1 is 0.237 bits per heavy atom. The Labute approximate surface area is 466 Å². The zero-order chi connectivity index (χ0) is 53.0. The van der Waals surface area contributed by atoms with Gasteiger partial charge in [-0.05, 0) is 95.1 Å². The highest BCUT2D eigenvalue weighted by Gasteiger charge is 2.49. The molecular weight excluding hydrogens is 985 g/mol. The van der Waals surface area contributed by atoms with Crippen molar-refractivity contribution in [2.24, 2.45) is 0 Å². The van der Waals surface area contributed by atoms with Crippen LogP contribution in [0.5, 0.6) is 0 Å². The molecule has 0 radical (unpaired) electrons. The summed E-state index contributed by atoms with van der Waals surface area (Å²) in [6.45, 7) is 0. The fourth-order valence-electron chi connectivity index (χ4n) is 12.4. The van der Waals surface area contributed by atoms with E-state index in [0.29, 0.717) is 17.5 Å². The lowest BCUT2D eigenvalue weighted by atomic mass is 9.99. The summed E-state index contributed by atoms with van der Waals surface area (Å²) in [4.78, 5) is 15.8. The molecule has 3 heterocycles. The van der Waals surface area contributed by atoms with Gasteiger partial charge < -0.3 is 4.57 Å². The maximum absolute atomic E-state index is 5.28. The third kappa shape index (κ3) is 7.94. The number of rotatable bonds is 10. The van der Waals surface area contributed by atoms with Crippen molar-refractivity contribution < 1.29 is 0 Å². The first-order valence-electron chi connectivity index (χ1n) is 27.3. The topological polar surface area (TPSA) is 43.6 Å². The maximum atomic E-state index is 5.28. The Morgan fingerprint density at radius 3 is 1.23 bits per heavy atom. The molecule has 14 aromatic rings. The van der Waals surface area contributed by atoms with Crippen molar-refractivity contribution in [3.63, 3.8) is 0 Å². The molecule has 0 saturated carbocycles. The van der Waals surface area contributed by atoms with Gasteiger partial charge in [-0.1, -0.05) is 279 Å². The van der Waals surface area contributed by atoms with Crippen LogP contribution in [0.1, 0.15) is 0 Å². The summed E-state index contributed by atoms with van der Waals surface area (Å²) in [5.74, 6) is 1.87. The van der Waals surface area contributed by atoms with Gasteiger partial charge in [0.1, 0.15) is 0 Å². The van der Waals surface area contributed by atoms with Gasteiger partial charge in [-0.25, -0.2) is 15.0 Å². The van der Waals surface area contributed by atoms with E-state index in [-0.39, 0.29) is 0 Å². The summed E-state index contributed by atoms with van der Waals surface area (Å²) in [6.07, 6.45) is 0. The predicted octanol–water partition coefficient (Wildman–Crippen LogP) is 16.0. The normalized spacial score (nSPS) is 13.6. The van der Waals surface area contributed by atoms with Crippen molar-refractivity contribution in [1.82, 2.24) is 19.5 Å². The molecule has 1 unspecified atom stereocenters. The number of benzene rings is 12. The zero-order valence-corrected chi connectivity index (χ0v) is 44.7. The highest BCUT2D eigenvalue weighted by atomic mass is 28.3. The largest absolute Gasteiger partial charge is 0.309 e. The highest BCUT2D eigenvalue weighted by Crippen LogP contribution is 2.39. The van der Waals surface area contributed by atoms with Crippen molar-refractivity contribution >= 4 is 50.6 Å². The molecule has 0 saturated heterocycles. The van der Waals surface area contributed by atoms with E-state index < -0.39 is 8.07 Å². The molecule has 374 valence electrons. The van der Waals surface area contributed by atoms with Gasteiger partial charge in [0.15, 0.2) is 25.5 Å². The lowest BCUT2D eigenvalue weighted by Gasteiger charge is -2.31. The molecule has 15 rings (SSSR count). The number of aromatic nitrogens is 4. The third-order valence-corrected chi connectivity index (χ3v) is 21.1. The Bertz CT molecular complexity index is 4500. The molecule has 0 fully saturated rings. The zero-order valence-electron chi connectivity index (χ0n) is 43.7. The monoisotopic (exact) mass is 1030 g/mol. The van der Waals surface area contributed by atoms with Crippen LogP contribution in [0.2, 0.25) is 0 Å². The predicted molar refractivity (Wildman–Crippen MR) is 335 cm³/mol. The molecule has 1 aliphatic rings. The van der Waals surface area contributed by atoms with Crippen LogP contribution >= 0.6 is 0 Å². The van der Waals surface area contributed by atoms with Crippen LogP contribution in [-0.4, -0.2) is 27.6 Å². The van der Waals surface area contributed by atoms with Gasteiger partial charge in [-0.15, -0.1) is 0 Å². The summed E-state index contributed by atoms with van der Waals surface area (Å²) in [5, 5.41) is 7.84. The van der Waals surface area contributed by atoms with Crippen LogP contribution in [0.3, 0.4) is 0 Å². The van der Waals surface area contributed by atoms with Crippen LogP contribution in [0, 0.1) is 0 Å². The van der Waals surface area contributed by atoms with Crippen LogP contribution in [0.25, 0.3) is 117 Å². The summed E-state index contributed by atoms with van der Waals surface area (Å²) >= 11 is 0. The van der Waals surface area contributed by atoms with Crippen molar-refractivity contribution in [1.29, 1.82) is 0 Å². The van der Waals surface area contributed by atoms with Gasteiger partial charge in [0.05, 0.1) is 16.7 Å². The van der Waals surface area contributed by atoms with E-state index >= 15 is 0 Å². The minimum absolute atomic E-state index is 0.622. The van der Waals surface area contributed by atoms with E-state index in [1.165, 1.54) is 75.9 Å². The van der Waals surface area contributed by atoms with Gasteiger partial charge in [-0.3, -0.25) is 0 Å². The van der Waals surface area contributed by atoms with Gasteiger partial charge in [0.2, 0.25) is 0 Å². The first-order valence-corrected chi connectivity index (χ1v) is 29.3. The van der Waals surface area contributed by atoms with Crippen molar-refractivity contribution in [3.8, 4) is 95.5 Å².